The Kier molecular flexibility index (Phi) is 4.93. The molecule has 3 rings (SSSR count). The van der Waals surface area contributed by atoms with Gasteiger partial charge in [-0.15, -0.1) is 0 Å². The molecule has 1 fully saturated rings. The Bertz CT molecular complexity index is 897. The highest BCUT2D eigenvalue weighted by molar-refractivity contribution is 7.89. The predicted octanol–water partition coefficient (Wildman–Crippen LogP) is 4.28. The van der Waals surface area contributed by atoms with Gasteiger partial charge in [-0.1, -0.05) is 66.3 Å². The Hall–Kier alpha value is -2.17. The Morgan fingerprint density at radius 1 is 1.12 bits per heavy atom. The van der Waals surface area contributed by atoms with Gasteiger partial charge in [0, 0.05) is 19.0 Å². The molecular weight excluding hydrogens is 330 g/mol. The second kappa shape index (κ2) is 6.98. The van der Waals surface area contributed by atoms with Crippen LogP contribution in [0.2, 0.25) is 0 Å². The quantitative estimate of drug-likeness (QED) is 0.770. The molecule has 0 aliphatic carbocycles. The molecule has 0 amide bonds. The molecule has 0 unspecified atom stereocenters. The normalized spacial score (nSPS) is 20.1. The molecule has 0 N–H and O–H groups in total. The van der Waals surface area contributed by atoms with Gasteiger partial charge in [-0.3, -0.25) is 0 Å². The summed E-state index contributed by atoms with van der Waals surface area (Å²) in [6.45, 7) is 8.83. The van der Waals surface area contributed by atoms with Crippen molar-refractivity contribution in [2.45, 2.75) is 18.7 Å². The average Bonchev–Trinajstić information content (AvgIpc) is 3.01. The molecule has 0 spiro atoms. The van der Waals surface area contributed by atoms with Crippen LogP contribution in [0, 0.1) is 12.8 Å². The third-order valence-electron chi connectivity index (χ3n) is 4.60. The van der Waals surface area contributed by atoms with Crippen LogP contribution >= 0.6 is 0 Å². The highest BCUT2D eigenvalue weighted by atomic mass is 32.2. The Balaban J connectivity index is 1.93. The van der Waals surface area contributed by atoms with Crippen LogP contribution in [-0.2, 0) is 10.0 Å². The van der Waals surface area contributed by atoms with Gasteiger partial charge in [-0.2, -0.15) is 4.31 Å². The number of nitrogens with zero attached hydrogens (tertiary/aromatic N) is 1. The molecule has 0 radical (unpaired) electrons. The molecule has 1 saturated heterocycles. The minimum Gasteiger partial charge on any atom is -0.207 e. The van der Waals surface area contributed by atoms with Crippen molar-refractivity contribution in [1.82, 2.24) is 4.31 Å². The van der Waals surface area contributed by atoms with Gasteiger partial charge in [0.05, 0.1) is 4.90 Å². The second-order valence-electron chi connectivity index (χ2n) is 6.64. The van der Waals surface area contributed by atoms with Gasteiger partial charge in [0.2, 0.25) is 10.0 Å². The van der Waals surface area contributed by atoms with E-state index in [1.807, 2.05) is 56.3 Å². The van der Waals surface area contributed by atoms with Gasteiger partial charge in [-0.25, -0.2) is 8.42 Å². The lowest BCUT2D eigenvalue weighted by molar-refractivity contribution is 0.468. The van der Waals surface area contributed by atoms with Crippen molar-refractivity contribution in [3.63, 3.8) is 0 Å². The van der Waals surface area contributed by atoms with Gasteiger partial charge in [-0.05, 0) is 37.1 Å². The first-order valence-electron chi connectivity index (χ1n) is 8.35. The zero-order valence-corrected chi connectivity index (χ0v) is 15.5. The number of hydrogen-bond acceptors (Lipinski definition) is 2. The largest absolute Gasteiger partial charge is 0.243 e. The third-order valence-corrected chi connectivity index (χ3v) is 6.42. The fourth-order valence-corrected chi connectivity index (χ4v) is 4.57. The van der Waals surface area contributed by atoms with Crippen molar-refractivity contribution in [1.29, 1.82) is 0 Å². The van der Waals surface area contributed by atoms with E-state index < -0.39 is 10.0 Å². The summed E-state index contributed by atoms with van der Waals surface area (Å²) in [5.41, 5.74) is 4.21. The van der Waals surface area contributed by atoms with Gasteiger partial charge in [0.25, 0.3) is 0 Å². The van der Waals surface area contributed by atoms with Gasteiger partial charge in [0.15, 0.2) is 0 Å². The highest BCUT2D eigenvalue weighted by Gasteiger charge is 2.35. The molecule has 25 heavy (non-hydrogen) atoms. The van der Waals surface area contributed by atoms with E-state index in [2.05, 4.69) is 12.7 Å². The van der Waals surface area contributed by atoms with Crippen molar-refractivity contribution < 1.29 is 8.42 Å². The summed E-state index contributed by atoms with van der Waals surface area (Å²) in [4.78, 5) is 0.347. The maximum atomic E-state index is 13.0. The monoisotopic (exact) mass is 353 g/mol. The maximum absolute atomic E-state index is 13.0. The van der Waals surface area contributed by atoms with Crippen LogP contribution in [0.15, 0.2) is 77.2 Å². The zero-order chi connectivity index (χ0) is 18.0. The fraction of sp³-hybridized carbons (Fsp3) is 0.238. The molecule has 0 aromatic heterocycles. The minimum atomic E-state index is -3.50. The van der Waals surface area contributed by atoms with E-state index in [1.54, 1.807) is 16.4 Å². The first kappa shape index (κ1) is 17.6. The van der Waals surface area contributed by atoms with Crippen molar-refractivity contribution in [3.05, 3.63) is 83.4 Å². The Morgan fingerprint density at radius 2 is 1.76 bits per heavy atom. The van der Waals surface area contributed by atoms with Crippen LogP contribution in [0.3, 0.4) is 0 Å². The lowest BCUT2D eigenvalue weighted by atomic mass is 9.94. The summed E-state index contributed by atoms with van der Waals surface area (Å²) in [5.74, 6) is 0.0560. The standard InChI is InChI=1S/C21H23NO2S/c1-16(2)21-15-22(14-19(21)13-18-7-5-4-6-8-18)25(23,24)20-11-9-17(3)10-12-20/h4-13,21H,1,14-15H2,2-3H3/b19-13+/t21-/m0/s1. The number of sulfonamides is 1. The predicted molar refractivity (Wildman–Crippen MR) is 103 cm³/mol. The van der Waals surface area contributed by atoms with Crippen LogP contribution in [-0.4, -0.2) is 25.8 Å². The van der Waals surface area contributed by atoms with Crippen LogP contribution in [0.25, 0.3) is 6.08 Å². The van der Waals surface area contributed by atoms with Crippen molar-refractivity contribution in [2.24, 2.45) is 5.92 Å². The van der Waals surface area contributed by atoms with Crippen LogP contribution in [0.1, 0.15) is 18.1 Å². The van der Waals surface area contributed by atoms with Crippen molar-refractivity contribution in [2.75, 3.05) is 13.1 Å². The molecule has 3 nitrogen and oxygen atoms in total. The number of aryl methyl sites for hydroxylation is 1. The molecule has 0 bridgehead atoms. The molecule has 4 heteroatoms. The lowest BCUT2D eigenvalue weighted by Gasteiger charge is -2.16. The van der Waals surface area contributed by atoms with Crippen molar-refractivity contribution >= 4 is 16.1 Å². The van der Waals surface area contributed by atoms with Gasteiger partial charge in [0.1, 0.15) is 0 Å². The third kappa shape index (κ3) is 3.75. The SMILES string of the molecule is C=C(C)[C@@H]1CN(S(=O)(=O)c2ccc(C)cc2)C/C1=C\c1ccccc1. The molecule has 1 aliphatic rings. The van der Waals surface area contributed by atoms with E-state index >= 15 is 0 Å². The smallest absolute Gasteiger partial charge is 0.207 e. The van der Waals surface area contributed by atoms with Crippen LogP contribution in [0.5, 0.6) is 0 Å². The van der Waals surface area contributed by atoms with Gasteiger partial charge >= 0.3 is 0 Å². The topological polar surface area (TPSA) is 37.4 Å². The summed E-state index contributed by atoms with van der Waals surface area (Å²) < 4.78 is 27.5. The number of hydrogen-bond donors (Lipinski definition) is 0. The van der Waals surface area contributed by atoms with E-state index in [0.29, 0.717) is 18.0 Å². The summed E-state index contributed by atoms with van der Waals surface area (Å²) >= 11 is 0. The first-order valence-corrected chi connectivity index (χ1v) is 9.79. The molecule has 2 aromatic carbocycles. The van der Waals surface area contributed by atoms with E-state index in [0.717, 1.165) is 22.3 Å². The molecule has 0 saturated carbocycles. The molecule has 1 aliphatic heterocycles. The molecular formula is C21H23NO2S. The van der Waals surface area contributed by atoms with Gasteiger partial charge < -0.3 is 0 Å². The number of benzene rings is 2. The summed E-state index contributed by atoms with van der Waals surface area (Å²) in [6.07, 6.45) is 2.09. The zero-order valence-electron chi connectivity index (χ0n) is 14.6. The first-order chi connectivity index (χ1) is 11.9. The van der Waals surface area contributed by atoms with E-state index in [-0.39, 0.29) is 5.92 Å². The molecule has 2 aromatic rings. The minimum absolute atomic E-state index is 0.0560. The maximum Gasteiger partial charge on any atom is 0.243 e. The number of rotatable bonds is 4. The highest BCUT2D eigenvalue weighted by Crippen LogP contribution is 2.33. The molecule has 1 atom stereocenters. The second-order valence-corrected chi connectivity index (χ2v) is 8.58. The van der Waals surface area contributed by atoms with E-state index in [4.69, 9.17) is 0 Å². The van der Waals surface area contributed by atoms with Crippen molar-refractivity contribution in [3.8, 4) is 0 Å². The summed E-state index contributed by atoms with van der Waals surface area (Å²) in [6, 6.07) is 17.0. The Morgan fingerprint density at radius 3 is 2.36 bits per heavy atom. The summed E-state index contributed by atoms with van der Waals surface area (Å²) in [7, 11) is -3.50. The Labute approximate surface area is 150 Å². The van der Waals surface area contributed by atoms with E-state index in [1.165, 1.54) is 0 Å². The van der Waals surface area contributed by atoms with Crippen LogP contribution < -0.4 is 0 Å². The van der Waals surface area contributed by atoms with E-state index in [9.17, 15) is 8.42 Å². The average molecular weight is 353 g/mol. The fourth-order valence-electron chi connectivity index (χ4n) is 3.12. The molecule has 130 valence electrons. The summed E-state index contributed by atoms with van der Waals surface area (Å²) in [5, 5.41) is 0. The molecule has 1 heterocycles. The van der Waals surface area contributed by atoms with Crippen LogP contribution in [0.4, 0.5) is 0 Å². The lowest BCUT2D eigenvalue weighted by Crippen LogP contribution is -2.29.